The summed E-state index contributed by atoms with van der Waals surface area (Å²) in [6.07, 6.45) is 0. The zero-order valence-electron chi connectivity index (χ0n) is 15.4. The average Bonchev–Trinajstić information content (AvgIpc) is 3.36. The molecule has 4 rings (SSSR count). The second-order valence-electron chi connectivity index (χ2n) is 6.21. The molecule has 0 fully saturated rings. The molecule has 9 nitrogen and oxygen atoms in total. The van der Waals surface area contributed by atoms with Crippen LogP contribution >= 0.6 is 0 Å². The summed E-state index contributed by atoms with van der Waals surface area (Å²) in [5.74, 6) is 1.28. The van der Waals surface area contributed by atoms with E-state index in [1.807, 2.05) is 48.5 Å². The Morgan fingerprint density at radius 1 is 1.21 bits per heavy atom. The molecule has 142 valence electrons. The third kappa shape index (κ3) is 3.54. The first-order valence-electron chi connectivity index (χ1n) is 8.69. The van der Waals surface area contributed by atoms with E-state index in [4.69, 9.17) is 9.26 Å². The number of hydrogen-bond donors (Lipinski definition) is 1. The lowest BCUT2D eigenvalue weighted by Gasteiger charge is -2.09. The van der Waals surface area contributed by atoms with Gasteiger partial charge in [0.15, 0.2) is 0 Å². The maximum absolute atomic E-state index is 12.4. The first-order chi connectivity index (χ1) is 13.6. The van der Waals surface area contributed by atoms with Crippen molar-refractivity contribution in [3.63, 3.8) is 0 Å². The van der Waals surface area contributed by atoms with Gasteiger partial charge in [0, 0.05) is 5.56 Å². The Kier molecular flexibility index (Phi) is 4.71. The molecule has 0 spiro atoms. The number of nitrogens with one attached hydrogen (secondary N) is 1. The van der Waals surface area contributed by atoms with Crippen LogP contribution < -0.4 is 10.1 Å². The molecule has 1 atom stereocenters. The summed E-state index contributed by atoms with van der Waals surface area (Å²) in [4.78, 5) is 16.7. The molecule has 1 amide bonds. The molecule has 1 N–H and O–H groups in total. The zero-order valence-corrected chi connectivity index (χ0v) is 15.4. The molecule has 0 saturated heterocycles. The minimum absolute atomic E-state index is 0.0460. The maximum Gasteiger partial charge on any atom is 0.249 e. The number of carbonyl (C=O) groups excluding carboxylic acids is 1. The first-order valence-corrected chi connectivity index (χ1v) is 8.69. The van der Waals surface area contributed by atoms with Crippen molar-refractivity contribution in [1.29, 1.82) is 0 Å². The Bertz CT molecular complexity index is 1100. The molecule has 4 aromatic rings. The molecule has 2 aromatic heterocycles. The van der Waals surface area contributed by atoms with Gasteiger partial charge in [-0.25, -0.2) is 4.68 Å². The largest absolute Gasteiger partial charge is 0.497 e. The molecule has 0 aliphatic heterocycles. The van der Waals surface area contributed by atoms with Crippen molar-refractivity contribution in [1.82, 2.24) is 30.5 Å². The highest BCUT2D eigenvalue weighted by Gasteiger charge is 2.18. The van der Waals surface area contributed by atoms with E-state index in [1.54, 1.807) is 18.7 Å². The third-order valence-electron chi connectivity index (χ3n) is 4.25. The Balaban J connectivity index is 1.42. The van der Waals surface area contributed by atoms with Crippen LogP contribution in [0, 0.1) is 0 Å². The highest BCUT2D eigenvalue weighted by Crippen LogP contribution is 2.21. The number of methoxy groups -OCH3 is 1. The number of carbonyl (C=O) groups is 1. The monoisotopic (exact) mass is 378 g/mol. The average molecular weight is 378 g/mol. The number of aromatic nitrogens is 5. The molecule has 28 heavy (non-hydrogen) atoms. The summed E-state index contributed by atoms with van der Waals surface area (Å²) in [5.41, 5.74) is 2.33. The van der Waals surface area contributed by atoms with Gasteiger partial charge in [0.05, 0.1) is 12.6 Å². The lowest BCUT2D eigenvalue weighted by Crippen LogP contribution is -2.30. The fourth-order valence-corrected chi connectivity index (χ4v) is 2.79. The van der Waals surface area contributed by atoms with Crippen molar-refractivity contribution in [3.8, 4) is 17.1 Å². The first kappa shape index (κ1) is 17.7. The molecular formula is C19H18N6O3. The predicted molar refractivity (Wildman–Crippen MR) is 100 cm³/mol. The smallest absolute Gasteiger partial charge is 0.249 e. The molecule has 2 aromatic carbocycles. The van der Waals surface area contributed by atoms with Gasteiger partial charge in [-0.3, -0.25) is 4.79 Å². The minimum atomic E-state index is -0.443. The summed E-state index contributed by atoms with van der Waals surface area (Å²) < 4.78 is 12.0. The van der Waals surface area contributed by atoms with Crippen molar-refractivity contribution in [3.05, 3.63) is 54.4 Å². The molecule has 0 bridgehead atoms. The van der Waals surface area contributed by atoms with E-state index < -0.39 is 6.04 Å². The topological polar surface area (TPSA) is 108 Å². The molecule has 2 heterocycles. The van der Waals surface area contributed by atoms with E-state index in [9.17, 15) is 4.79 Å². The standard InChI is InChI=1S/C19H18N6O3/c1-12(19-21-18(23-28-19)13-7-9-14(27-2)10-8-13)20-17(26)11-25-16-6-4-3-5-15(16)22-24-25/h3-10,12H,11H2,1-2H3,(H,20,26)/t12-/m0/s1. The number of nitrogens with zero attached hydrogens (tertiary/aromatic N) is 5. The van der Waals surface area contributed by atoms with Gasteiger partial charge in [-0.15, -0.1) is 5.10 Å². The third-order valence-corrected chi connectivity index (χ3v) is 4.25. The second kappa shape index (κ2) is 7.47. The van der Waals surface area contributed by atoms with Gasteiger partial charge in [-0.1, -0.05) is 22.5 Å². The lowest BCUT2D eigenvalue weighted by molar-refractivity contribution is -0.122. The molecular weight excluding hydrogens is 360 g/mol. The Morgan fingerprint density at radius 3 is 2.79 bits per heavy atom. The van der Waals surface area contributed by atoms with E-state index in [0.717, 1.165) is 22.3 Å². The fourth-order valence-electron chi connectivity index (χ4n) is 2.79. The van der Waals surface area contributed by atoms with Crippen LogP contribution in [-0.2, 0) is 11.3 Å². The van der Waals surface area contributed by atoms with Gasteiger partial charge in [-0.05, 0) is 43.3 Å². The molecule has 0 saturated carbocycles. The van der Waals surface area contributed by atoms with E-state index in [0.29, 0.717) is 11.7 Å². The quantitative estimate of drug-likeness (QED) is 0.549. The lowest BCUT2D eigenvalue weighted by atomic mass is 10.2. The molecule has 0 unspecified atom stereocenters. The molecule has 0 aliphatic rings. The van der Waals surface area contributed by atoms with Gasteiger partial charge in [0.1, 0.15) is 23.9 Å². The van der Waals surface area contributed by atoms with Crippen LogP contribution in [0.5, 0.6) is 5.75 Å². The van der Waals surface area contributed by atoms with Gasteiger partial charge >= 0.3 is 0 Å². The number of benzene rings is 2. The molecule has 0 aliphatic carbocycles. The highest BCUT2D eigenvalue weighted by molar-refractivity contribution is 5.79. The number of rotatable bonds is 6. The van der Waals surface area contributed by atoms with Gasteiger partial charge < -0.3 is 14.6 Å². The van der Waals surface area contributed by atoms with Crippen molar-refractivity contribution in [2.45, 2.75) is 19.5 Å². The summed E-state index contributed by atoms with van der Waals surface area (Å²) in [5, 5.41) is 14.9. The number of hydrogen-bond acceptors (Lipinski definition) is 7. The van der Waals surface area contributed by atoms with Crippen LogP contribution in [0.25, 0.3) is 22.4 Å². The maximum atomic E-state index is 12.4. The van der Waals surface area contributed by atoms with Crippen molar-refractivity contribution >= 4 is 16.9 Å². The number of fused-ring (bicyclic) bond motifs is 1. The SMILES string of the molecule is COc1ccc(-c2noc([C@H](C)NC(=O)Cn3nnc4ccccc43)n2)cc1. The van der Waals surface area contributed by atoms with Gasteiger partial charge in [-0.2, -0.15) is 4.98 Å². The number of ether oxygens (including phenoxy) is 1. The van der Waals surface area contributed by atoms with Crippen molar-refractivity contribution < 1.29 is 14.1 Å². The highest BCUT2D eigenvalue weighted by atomic mass is 16.5. The predicted octanol–water partition coefficient (Wildman–Crippen LogP) is 2.37. The van der Waals surface area contributed by atoms with Crippen molar-refractivity contribution in [2.75, 3.05) is 7.11 Å². The van der Waals surface area contributed by atoms with Gasteiger partial charge in [0.25, 0.3) is 0 Å². The van der Waals surface area contributed by atoms with E-state index >= 15 is 0 Å². The van der Waals surface area contributed by atoms with Crippen LogP contribution in [-0.4, -0.2) is 38.2 Å². The molecule has 0 radical (unpaired) electrons. The van der Waals surface area contributed by atoms with E-state index in [2.05, 4.69) is 25.8 Å². The molecule has 9 heteroatoms. The summed E-state index contributed by atoms with van der Waals surface area (Å²) in [6.45, 7) is 1.83. The zero-order chi connectivity index (χ0) is 19.5. The van der Waals surface area contributed by atoms with E-state index in [1.165, 1.54) is 0 Å². The number of para-hydroxylation sites is 1. The summed E-state index contributed by atoms with van der Waals surface area (Å²) in [7, 11) is 1.61. The van der Waals surface area contributed by atoms with Crippen LogP contribution in [0.2, 0.25) is 0 Å². The van der Waals surface area contributed by atoms with Crippen LogP contribution in [0.1, 0.15) is 18.9 Å². The van der Waals surface area contributed by atoms with Crippen LogP contribution in [0.3, 0.4) is 0 Å². The van der Waals surface area contributed by atoms with Gasteiger partial charge in [0.2, 0.25) is 17.6 Å². The second-order valence-corrected chi connectivity index (χ2v) is 6.21. The summed E-state index contributed by atoms with van der Waals surface area (Å²) >= 11 is 0. The van der Waals surface area contributed by atoms with Crippen LogP contribution in [0.15, 0.2) is 53.1 Å². The Labute approximate surface area is 160 Å². The van der Waals surface area contributed by atoms with E-state index in [-0.39, 0.29) is 12.5 Å². The van der Waals surface area contributed by atoms with Crippen molar-refractivity contribution in [2.24, 2.45) is 0 Å². The Hall–Kier alpha value is -3.75. The normalized spacial score (nSPS) is 12.1. The minimum Gasteiger partial charge on any atom is -0.497 e. The Morgan fingerprint density at radius 2 is 2.00 bits per heavy atom. The summed E-state index contributed by atoms with van der Waals surface area (Å²) in [6, 6.07) is 14.3. The van der Waals surface area contributed by atoms with Crippen LogP contribution in [0.4, 0.5) is 0 Å². The fraction of sp³-hybridized carbons (Fsp3) is 0.211. The number of amides is 1.